The molecule has 1 aromatic rings. The van der Waals surface area contributed by atoms with Crippen molar-refractivity contribution in [3.63, 3.8) is 0 Å². The van der Waals surface area contributed by atoms with E-state index in [1.165, 1.54) is 37.1 Å². The Morgan fingerprint density at radius 3 is 2.95 bits per heavy atom. The van der Waals surface area contributed by atoms with Gasteiger partial charge in [0.25, 0.3) is 0 Å². The minimum atomic E-state index is 0.238. The fourth-order valence-electron chi connectivity index (χ4n) is 3.54. The van der Waals surface area contributed by atoms with E-state index < -0.39 is 0 Å². The lowest BCUT2D eigenvalue weighted by atomic mass is 9.93. The van der Waals surface area contributed by atoms with Gasteiger partial charge in [0.2, 0.25) is 0 Å². The Balaban J connectivity index is 1.74. The highest BCUT2D eigenvalue weighted by Gasteiger charge is 2.29. The lowest BCUT2D eigenvalue weighted by Crippen LogP contribution is -2.27. The maximum Gasteiger partial charge on any atom is 0.120 e. The van der Waals surface area contributed by atoms with E-state index in [1.807, 2.05) is 0 Å². The summed E-state index contributed by atoms with van der Waals surface area (Å²) >= 11 is 0. The molecule has 0 radical (unpaired) electrons. The molecule has 0 spiro atoms. The molecule has 0 amide bonds. The summed E-state index contributed by atoms with van der Waals surface area (Å²) in [6, 6.07) is 7.25. The van der Waals surface area contributed by atoms with E-state index in [-0.39, 0.29) is 6.10 Å². The number of anilines is 1. The molecule has 1 fully saturated rings. The van der Waals surface area contributed by atoms with E-state index in [0.29, 0.717) is 5.92 Å². The summed E-state index contributed by atoms with van der Waals surface area (Å²) in [4.78, 5) is 2.52. The van der Waals surface area contributed by atoms with Gasteiger partial charge in [0, 0.05) is 24.2 Å². The van der Waals surface area contributed by atoms with Gasteiger partial charge < -0.3 is 15.0 Å². The van der Waals surface area contributed by atoms with Crippen LogP contribution in [0.5, 0.6) is 5.75 Å². The number of hydrogen-bond donors (Lipinski definition) is 1. The van der Waals surface area contributed by atoms with Crippen molar-refractivity contribution in [2.24, 2.45) is 0 Å². The Bertz CT molecular complexity index is 472. The van der Waals surface area contributed by atoms with Gasteiger partial charge in [-0.3, -0.25) is 0 Å². The van der Waals surface area contributed by atoms with Crippen molar-refractivity contribution in [1.29, 1.82) is 0 Å². The lowest BCUT2D eigenvalue weighted by molar-refractivity contribution is 0.242. The van der Waals surface area contributed by atoms with E-state index in [4.69, 9.17) is 4.74 Å². The summed E-state index contributed by atoms with van der Waals surface area (Å²) in [5, 5.41) is 3.55. The molecule has 2 aliphatic rings. The number of nitrogens with zero attached hydrogens (tertiary/aromatic N) is 1. The van der Waals surface area contributed by atoms with Crippen LogP contribution in [0.3, 0.4) is 0 Å². The summed E-state index contributed by atoms with van der Waals surface area (Å²) in [7, 11) is 2.26. The number of nitrogens with one attached hydrogen (secondary N) is 1. The maximum atomic E-state index is 5.84. The molecule has 0 aliphatic carbocycles. The van der Waals surface area contributed by atoms with E-state index in [9.17, 15) is 0 Å². The molecule has 20 heavy (non-hydrogen) atoms. The first kappa shape index (κ1) is 13.7. The molecule has 1 N–H and O–H groups in total. The highest BCUT2D eigenvalue weighted by atomic mass is 16.5. The van der Waals surface area contributed by atoms with Crippen molar-refractivity contribution in [3.8, 4) is 5.75 Å². The molecule has 2 aliphatic heterocycles. The van der Waals surface area contributed by atoms with Crippen LogP contribution in [0.4, 0.5) is 5.69 Å². The van der Waals surface area contributed by atoms with Gasteiger partial charge in [-0.1, -0.05) is 0 Å². The van der Waals surface area contributed by atoms with E-state index in [1.54, 1.807) is 0 Å². The monoisotopic (exact) mass is 274 g/mol. The topological polar surface area (TPSA) is 24.5 Å². The van der Waals surface area contributed by atoms with E-state index in [2.05, 4.69) is 49.3 Å². The Kier molecular flexibility index (Phi) is 3.88. The first-order chi connectivity index (χ1) is 9.63. The summed E-state index contributed by atoms with van der Waals surface area (Å²) in [6.07, 6.45) is 4.21. The standard InChI is InChI=1S/C17H26N2O/c1-12(2)20-15-6-7-17-16(10-15)13(11-18-17)9-14-5-4-8-19(14)3/h6-7,10,12-14,18H,4-5,8-9,11H2,1-3H3/t13-,14-/m1/s1. The summed E-state index contributed by atoms with van der Waals surface area (Å²) in [5.74, 6) is 1.64. The second-order valence-corrected chi connectivity index (χ2v) is 6.51. The van der Waals surface area contributed by atoms with Crippen LogP contribution in [0.25, 0.3) is 0 Å². The van der Waals surface area contributed by atoms with Crippen molar-refractivity contribution in [1.82, 2.24) is 4.90 Å². The molecule has 0 saturated carbocycles. The Labute approximate surface area is 122 Å². The summed E-state index contributed by atoms with van der Waals surface area (Å²) in [6.45, 7) is 6.49. The minimum Gasteiger partial charge on any atom is -0.491 e. The molecule has 1 aromatic carbocycles. The number of hydrogen-bond acceptors (Lipinski definition) is 3. The van der Waals surface area contributed by atoms with Gasteiger partial charge in [-0.2, -0.15) is 0 Å². The molecule has 0 aromatic heterocycles. The van der Waals surface area contributed by atoms with Crippen molar-refractivity contribution in [2.75, 3.05) is 25.5 Å². The second kappa shape index (κ2) is 5.65. The average molecular weight is 274 g/mol. The van der Waals surface area contributed by atoms with Gasteiger partial charge in [-0.25, -0.2) is 0 Å². The summed E-state index contributed by atoms with van der Waals surface area (Å²) < 4.78 is 5.84. The van der Waals surface area contributed by atoms with Crippen molar-refractivity contribution < 1.29 is 4.74 Å². The predicted octanol–water partition coefficient (Wildman–Crippen LogP) is 3.47. The smallest absolute Gasteiger partial charge is 0.120 e. The highest BCUT2D eigenvalue weighted by Crippen LogP contribution is 2.38. The zero-order valence-corrected chi connectivity index (χ0v) is 12.9. The Morgan fingerprint density at radius 2 is 2.25 bits per heavy atom. The highest BCUT2D eigenvalue weighted by molar-refractivity contribution is 5.60. The molecule has 2 atom stereocenters. The van der Waals surface area contributed by atoms with E-state index >= 15 is 0 Å². The number of ether oxygens (including phenoxy) is 1. The van der Waals surface area contributed by atoms with Crippen LogP contribution < -0.4 is 10.1 Å². The van der Waals surface area contributed by atoms with Crippen molar-refractivity contribution in [2.45, 2.75) is 51.2 Å². The molecule has 3 heteroatoms. The normalized spacial score (nSPS) is 25.8. The van der Waals surface area contributed by atoms with E-state index in [0.717, 1.165) is 18.3 Å². The van der Waals surface area contributed by atoms with Gasteiger partial charge in [-0.05, 0) is 70.5 Å². The number of likely N-dealkylation sites (tertiary alicyclic amines) is 1. The van der Waals surface area contributed by atoms with Gasteiger partial charge in [0.05, 0.1) is 6.10 Å². The predicted molar refractivity (Wildman–Crippen MR) is 83.7 cm³/mol. The third kappa shape index (κ3) is 2.78. The molecule has 0 unspecified atom stereocenters. The fourth-order valence-corrected chi connectivity index (χ4v) is 3.54. The number of benzene rings is 1. The molecule has 0 bridgehead atoms. The first-order valence-electron chi connectivity index (χ1n) is 7.88. The van der Waals surface area contributed by atoms with Gasteiger partial charge >= 0.3 is 0 Å². The van der Waals surface area contributed by atoms with Gasteiger partial charge in [0.1, 0.15) is 5.75 Å². The number of fused-ring (bicyclic) bond motifs is 1. The fraction of sp³-hybridized carbons (Fsp3) is 0.647. The lowest BCUT2D eigenvalue weighted by Gasteiger charge is -2.23. The van der Waals surface area contributed by atoms with Crippen LogP contribution >= 0.6 is 0 Å². The third-order valence-electron chi connectivity index (χ3n) is 4.60. The molecular formula is C17H26N2O. The first-order valence-corrected chi connectivity index (χ1v) is 7.88. The van der Waals surface area contributed by atoms with Crippen molar-refractivity contribution in [3.05, 3.63) is 23.8 Å². The van der Waals surface area contributed by atoms with Crippen LogP contribution in [0.15, 0.2) is 18.2 Å². The Hall–Kier alpha value is -1.22. The maximum absolute atomic E-state index is 5.84. The zero-order chi connectivity index (χ0) is 14.1. The molecule has 2 heterocycles. The summed E-state index contributed by atoms with van der Waals surface area (Å²) in [5.41, 5.74) is 2.75. The van der Waals surface area contributed by atoms with Crippen molar-refractivity contribution >= 4 is 5.69 Å². The third-order valence-corrected chi connectivity index (χ3v) is 4.60. The number of rotatable bonds is 4. The van der Waals surface area contributed by atoms with Crippen LogP contribution in [-0.2, 0) is 0 Å². The molecule has 110 valence electrons. The second-order valence-electron chi connectivity index (χ2n) is 6.51. The SMILES string of the molecule is CC(C)Oc1ccc2c(c1)[C@H](C[C@H]1CCCN1C)CN2. The molecule has 1 saturated heterocycles. The average Bonchev–Trinajstić information content (AvgIpc) is 2.97. The molecule has 3 rings (SSSR count). The largest absolute Gasteiger partial charge is 0.491 e. The van der Waals surface area contributed by atoms with Crippen LogP contribution in [0.1, 0.15) is 44.6 Å². The van der Waals surface area contributed by atoms with Gasteiger partial charge in [0.15, 0.2) is 0 Å². The van der Waals surface area contributed by atoms with Crippen LogP contribution in [0.2, 0.25) is 0 Å². The van der Waals surface area contributed by atoms with Crippen LogP contribution in [0, 0.1) is 0 Å². The zero-order valence-electron chi connectivity index (χ0n) is 12.9. The van der Waals surface area contributed by atoms with Gasteiger partial charge in [-0.15, -0.1) is 0 Å². The molecular weight excluding hydrogens is 248 g/mol. The molecule has 3 nitrogen and oxygen atoms in total. The van der Waals surface area contributed by atoms with Crippen LogP contribution in [-0.4, -0.2) is 37.2 Å². The quantitative estimate of drug-likeness (QED) is 0.910. The Morgan fingerprint density at radius 1 is 1.40 bits per heavy atom. The minimum absolute atomic E-state index is 0.238.